The molecule has 0 unspecified atom stereocenters. The number of primary amides is 1. The number of aryl methyl sites for hydroxylation is 1. The van der Waals surface area contributed by atoms with Crippen LogP contribution in [0.25, 0.3) is 0 Å². The van der Waals surface area contributed by atoms with Crippen molar-refractivity contribution in [3.8, 4) is 0 Å². The van der Waals surface area contributed by atoms with Crippen LogP contribution in [0.15, 0.2) is 30.7 Å². The summed E-state index contributed by atoms with van der Waals surface area (Å²) in [6, 6.07) is 3.43. The van der Waals surface area contributed by atoms with Gasteiger partial charge < -0.3 is 11.5 Å². The van der Waals surface area contributed by atoms with Crippen molar-refractivity contribution in [1.82, 2.24) is 4.98 Å². The van der Waals surface area contributed by atoms with Gasteiger partial charge in [-0.25, -0.2) is 4.98 Å². The minimum absolute atomic E-state index is 0.453. The van der Waals surface area contributed by atoms with Crippen LogP contribution in [-0.4, -0.2) is 10.9 Å². The van der Waals surface area contributed by atoms with E-state index in [9.17, 15) is 4.79 Å². The molecule has 6 nitrogen and oxygen atoms in total. The summed E-state index contributed by atoms with van der Waals surface area (Å²) in [7, 11) is 0. The Bertz CT molecular complexity index is 597. The topological polar surface area (TPSA) is 100 Å². The van der Waals surface area contributed by atoms with Crippen molar-refractivity contribution in [3.05, 3.63) is 47.7 Å². The summed E-state index contributed by atoms with van der Waals surface area (Å²) in [6.45, 7) is 2.36. The Hall–Kier alpha value is -2.50. The van der Waals surface area contributed by atoms with Crippen LogP contribution in [0.4, 0.5) is 5.82 Å². The van der Waals surface area contributed by atoms with E-state index in [4.69, 9.17) is 11.5 Å². The summed E-state index contributed by atoms with van der Waals surface area (Å²) < 4.78 is 1.83. The molecule has 1 amide bonds. The lowest BCUT2D eigenvalue weighted by atomic mass is 10.2. The predicted octanol–water partition coefficient (Wildman–Crippen LogP) is -0.779. The van der Waals surface area contributed by atoms with Crippen LogP contribution in [0, 0.1) is 6.92 Å². The van der Waals surface area contributed by atoms with Gasteiger partial charge in [0.15, 0.2) is 18.9 Å². The number of hydrogen-bond acceptors (Lipinski definition) is 3. The minimum atomic E-state index is -0.453. The molecule has 5 N–H and O–H groups in total. The van der Waals surface area contributed by atoms with Crippen molar-refractivity contribution in [2.45, 2.75) is 13.5 Å². The first-order chi connectivity index (χ1) is 8.56. The lowest BCUT2D eigenvalue weighted by Crippen LogP contribution is -2.36. The molecule has 0 atom stereocenters. The van der Waals surface area contributed by atoms with Crippen LogP contribution in [0.3, 0.4) is 0 Å². The number of pyridine rings is 1. The molecule has 0 aliphatic carbocycles. The number of carbonyl (C=O) groups is 1. The zero-order chi connectivity index (χ0) is 13.1. The first-order valence-corrected chi connectivity index (χ1v) is 5.49. The Balaban J connectivity index is 2.28. The molecular weight excluding hydrogens is 230 g/mol. The first-order valence-electron chi connectivity index (χ1n) is 5.49. The quantitative estimate of drug-likeness (QED) is 0.694. The van der Waals surface area contributed by atoms with Crippen molar-refractivity contribution in [2.24, 2.45) is 5.73 Å². The number of H-pyrrole nitrogens is 1. The van der Waals surface area contributed by atoms with Crippen LogP contribution in [0.1, 0.15) is 21.7 Å². The van der Waals surface area contributed by atoms with Crippen molar-refractivity contribution >= 4 is 11.7 Å². The van der Waals surface area contributed by atoms with Gasteiger partial charge in [0.1, 0.15) is 17.3 Å². The number of nitrogens with one attached hydrogen (secondary N) is 1. The van der Waals surface area contributed by atoms with Crippen LogP contribution in [0.5, 0.6) is 0 Å². The zero-order valence-corrected chi connectivity index (χ0v) is 10.1. The zero-order valence-electron chi connectivity index (χ0n) is 10.1. The van der Waals surface area contributed by atoms with Gasteiger partial charge in [0, 0.05) is 13.0 Å². The molecule has 92 valence electrons. The van der Waals surface area contributed by atoms with Gasteiger partial charge in [-0.05, 0) is 11.1 Å². The summed E-state index contributed by atoms with van der Waals surface area (Å²) in [5, 5.41) is 0. The highest BCUT2D eigenvalue weighted by Crippen LogP contribution is 2.04. The van der Waals surface area contributed by atoms with E-state index in [1.165, 1.54) is 0 Å². The van der Waals surface area contributed by atoms with Gasteiger partial charge in [0.25, 0.3) is 17.5 Å². The minimum Gasteiger partial charge on any atom is -0.365 e. The largest absolute Gasteiger partial charge is 0.365 e. The van der Waals surface area contributed by atoms with Crippen molar-refractivity contribution < 1.29 is 14.3 Å². The fourth-order valence-corrected chi connectivity index (χ4v) is 1.64. The Labute approximate surface area is 104 Å². The maximum atomic E-state index is 11.1. The summed E-state index contributed by atoms with van der Waals surface area (Å²) >= 11 is 0. The van der Waals surface area contributed by atoms with E-state index in [1.807, 2.05) is 23.9 Å². The third-order valence-corrected chi connectivity index (χ3v) is 2.57. The van der Waals surface area contributed by atoms with Crippen molar-refractivity contribution in [2.75, 3.05) is 5.73 Å². The van der Waals surface area contributed by atoms with Crippen molar-refractivity contribution in [3.63, 3.8) is 0 Å². The summed E-state index contributed by atoms with van der Waals surface area (Å²) in [4.78, 5) is 18.2. The molecule has 0 spiro atoms. The maximum Gasteiger partial charge on any atom is 0.295 e. The van der Waals surface area contributed by atoms with E-state index < -0.39 is 5.91 Å². The third-order valence-electron chi connectivity index (χ3n) is 2.57. The number of nitrogens with two attached hydrogens (primary N) is 2. The number of anilines is 1. The number of aromatic nitrogens is 3. The molecule has 0 saturated heterocycles. The molecule has 2 rings (SSSR count). The predicted molar refractivity (Wildman–Crippen MR) is 64.2 cm³/mol. The first kappa shape index (κ1) is 12.0. The van der Waals surface area contributed by atoms with E-state index in [1.54, 1.807) is 18.3 Å². The van der Waals surface area contributed by atoms with E-state index in [2.05, 4.69) is 9.97 Å². The fraction of sp³-hybridized carbons (Fsp3) is 0.167. The molecule has 18 heavy (non-hydrogen) atoms. The molecule has 0 aliphatic rings. The number of aromatic amines is 1. The summed E-state index contributed by atoms with van der Waals surface area (Å²) in [6.07, 6.45) is 5.33. The van der Waals surface area contributed by atoms with Crippen LogP contribution < -0.4 is 21.0 Å². The van der Waals surface area contributed by atoms with Gasteiger partial charge in [0.05, 0.1) is 0 Å². The van der Waals surface area contributed by atoms with E-state index in [0.29, 0.717) is 17.9 Å². The molecule has 0 saturated carbocycles. The van der Waals surface area contributed by atoms with Gasteiger partial charge in [-0.2, -0.15) is 4.57 Å². The monoisotopic (exact) mass is 245 g/mol. The second kappa shape index (κ2) is 4.79. The molecule has 0 fully saturated rings. The van der Waals surface area contributed by atoms with E-state index in [0.717, 1.165) is 11.4 Å². The fourth-order valence-electron chi connectivity index (χ4n) is 1.64. The van der Waals surface area contributed by atoms with E-state index in [-0.39, 0.29) is 0 Å². The lowest BCUT2D eigenvalue weighted by Gasteiger charge is -1.98. The molecule has 0 radical (unpaired) electrons. The molecule has 2 aromatic heterocycles. The number of nitrogen functional groups attached to an aromatic ring is 1. The second-order valence-corrected chi connectivity index (χ2v) is 4.03. The maximum absolute atomic E-state index is 11.1. The van der Waals surface area contributed by atoms with Crippen molar-refractivity contribution in [1.29, 1.82) is 0 Å². The van der Waals surface area contributed by atoms with Gasteiger partial charge >= 0.3 is 0 Å². The third kappa shape index (κ3) is 2.60. The van der Waals surface area contributed by atoms with Gasteiger partial charge in [-0.1, -0.05) is 0 Å². The normalized spacial score (nSPS) is 10.3. The lowest BCUT2D eigenvalue weighted by molar-refractivity contribution is -0.688. The van der Waals surface area contributed by atoms with Gasteiger partial charge in [-0.3, -0.25) is 4.79 Å². The van der Waals surface area contributed by atoms with Crippen LogP contribution in [0.2, 0.25) is 0 Å². The smallest absolute Gasteiger partial charge is 0.295 e. The highest BCUT2D eigenvalue weighted by Gasteiger charge is 2.14. The Morgan fingerprint density at radius 3 is 3.00 bits per heavy atom. The van der Waals surface area contributed by atoms with E-state index >= 15 is 0 Å². The van der Waals surface area contributed by atoms with Crippen LogP contribution >= 0.6 is 0 Å². The summed E-state index contributed by atoms with van der Waals surface area (Å²) in [5.74, 6) is 0.779. The molecule has 2 heterocycles. The number of amides is 1. The molecule has 2 aromatic rings. The van der Waals surface area contributed by atoms with Crippen LogP contribution in [-0.2, 0) is 6.54 Å². The molecular formula is C12H15N5O+2. The number of carbonyl (C=O) groups excluding carboxylic acids is 1. The molecule has 0 aliphatic heterocycles. The Kier molecular flexibility index (Phi) is 3.18. The summed E-state index contributed by atoms with van der Waals surface area (Å²) in [5.41, 5.74) is 12.4. The molecule has 0 bridgehead atoms. The average molecular weight is 245 g/mol. The van der Waals surface area contributed by atoms with Gasteiger partial charge in [-0.15, -0.1) is 0 Å². The highest BCUT2D eigenvalue weighted by atomic mass is 16.1. The number of hydrogen-bond donors (Lipinski definition) is 2. The van der Waals surface area contributed by atoms with Gasteiger partial charge in [0.2, 0.25) is 0 Å². The standard InChI is InChI=1S/C12H13N5O/c1-8-15-5-10(11(13)16-8)7-17-4-2-3-9(6-17)12(14)18/h2-6H,7H2,1H3,(H3-,13,14,15,16,18)/p+2. The average Bonchev–Trinajstić information content (AvgIpc) is 2.33. The number of nitrogens with zero attached hydrogens (tertiary/aromatic N) is 2. The Morgan fingerprint density at radius 2 is 2.33 bits per heavy atom. The second-order valence-electron chi connectivity index (χ2n) is 4.03. The molecule has 6 heteroatoms. The number of rotatable bonds is 3. The SMILES string of the molecule is Cc1nc(N)c(C[n+]2cccc(C(N)=O)c2)c[nH+]1. The Morgan fingerprint density at radius 1 is 1.56 bits per heavy atom. The molecule has 0 aromatic carbocycles. The highest BCUT2D eigenvalue weighted by molar-refractivity contribution is 5.92.